The van der Waals surface area contributed by atoms with Gasteiger partial charge < -0.3 is 10.0 Å². The molecule has 0 atom stereocenters. The molecule has 3 nitrogen and oxygen atoms in total. The van der Waals surface area contributed by atoms with E-state index in [4.69, 9.17) is 5.11 Å². The van der Waals surface area contributed by atoms with Crippen molar-refractivity contribution in [3.8, 4) is 0 Å². The highest BCUT2D eigenvalue weighted by Crippen LogP contribution is 2.22. The number of hydrogen-bond acceptors (Lipinski definition) is 4. The third kappa shape index (κ3) is 0.892. The summed E-state index contributed by atoms with van der Waals surface area (Å²) in [4.78, 5) is 6.17. The van der Waals surface area contributed by atoms with Gasteiger partial charge in [-0.25, -0.2) is 4.98 Å². The zero-order valence-electron chi connectivity index (χ0n) is 5.40. The molecule has 0 spiro atoms. The van der Waals surface area contributed by atoms with Crippen LogP contribution in [0.4, 0.5) is 5.13 Å². The van der Waals surface area contributed by atoms with Crippen molar-refractivity contribution in [2.75, 3.05) is 18.0 Å². The summed E-state index contributed by atoms with van der Waals surface area (Å²) < 4.78 is 0. The van der Waals surface area contributed by atoms with E-state index in [1.807, 2.05) is 5.38 Å². The summed E-state index contributed by atoms with van der Waals surface area (Å²) in [5.41, 5.74) is 0. The molecule has 0 aromatic carbocycles. The third-order valence-electron chi connectivity index (χ3n) is 1.55. The monoisotopic (exact) mass is 156 g/mol. The predicted molar refractivity (Wildman–Crippen MR) is 40.3 cm³/mol. The van der Waals surface area contributed by atoms with Crippen molar-refractivity contribution in [3.63, 3.8) is 0 Å². The number of anilines is 1. The van der Waals surface area contributed by atoms with Gasteiger partial charge in [0.2, 0.25) is 0 Å². The SMILES string of the molecule is OC1CN(c2nccs2)C1. The summed E-state index contributed by atoms with van der Waals surface area (Å²) in [6.07, 6.45) is 1.65. The highest BCUT2D eigenvalue weighted by atomic mass is 32.1. The van der Waals surface area contributed by atoms with Crippen molar-refractivity contribution < 1.29 is 5.11 Å². The van der Waals surface area contributed by atoms with Crippen molar-refractivity contribution >= 4 is 16.5 Å². The third-order valence-corrected chi connectivity index (χ3v) is 2.38. The summed E-state index contributed by atoms with van der Waals surface area (Å²) in [5.74, 6) is 0. The molecule has 1 aromatic heterocycles. The molecule has 0 radical (unpaired) electrons. The van der Waals surface area contributed by atoms with Crippen molar-refractivity contribution in [2.24, 2.45) is 0 Å². The predicted octanol–water partition coefficient (Wildman–Crippen LogP) is 0.324. The summed E-state index contributed by atoms with van der Waals surface area (Å²) >= 11 is 1.61. The molecule has 2 heterocycles. The molecular formula is C6H8N2OS. The van der Waals surface area contributed by atoms with Crippen LogP contribution in [0.3, 0.4) is 0 Å². The number of aliphatic hydroxyl groups is 1. The lowest BCUT2D eigenvalue weighted by atomic mass is 10.2. The van der Waals surface area contributed by atoms with Crippen LogP contribution < -0.4 is 4.90 Å². The Morgan fingerprint density at radius 2 is 2.50 bits per heavy atom. The molecule has 1 N–H and O–H groups in total. The highest BCUT2D eigenvalue weighted by molar-refractivity contribution is 7.13. The van der Waals surface area contributed by atoms with Gasteiger partial charge in [-0.3, -0.25) is 0 Å². The van der Waals surface area contributed by atoms with Crippen molar-refractivity contribution in [1.82, 2.24) is 4.98 Å². The first-order valence-corrected chi connectivity index (χ1v) is 4.07. The molecule has 1 fully saturated rings. The van der Waals surface area contributed by atoms with Gasteiger partial charge in [-0.2, -0.15) is 0 Å². The van der Waals surface area contributed by atoms with Crippen LogP contribution in [0.2, 0.25) is 0 Å². The fraction of sp³-hybridized carbons (Fsp3) is 0.500. The first-order chi connectivity index (χ1) is 4.86. The van der Waals surface area contributed by atoms with Crippen LogP contribution in [0.25, 0.3) is 0 Å². The zero-order chi connectivity index (χ0) is 6.97. The van der Waals surface area contributed by atoms with E-state index in [9.17, 15) is 0 Å². The molecule has 0 aliphatic carbocycles. The van der Waals surface area contributed by atoms with Crippen LogP contribution in [0.15, 0.2) is 11.6 Å². The molecule has 2 rings (SSSR count). The average Bonchev–Trinajstić information content (AvgIpc) is 2.31. The maximum Gasteiger partial charge on any atom is 0.185 e. The molecule has 10 heavy (non-hydrogen) atoms. The number of hydrogen-bond donors (Lipinski definition) is 1. The molecule has 54 valence electrons. The molecule has 0 saturated carbocycles. The van der Waals surface area contributed by atoms with Crippen molar-refractivity contribution in [1.29, 1.82) is 0 Å². The number of rotatable bonds is 1. The van der Waals surface area contributed by atoms with E-state index in [0.29, 0.717) is 0 Å². The van der Waals surface area contributed by atoms with Crippen LogP contribution in [0.1, 0.15) is 0 Å². The lowest BCUT2D eigenvalue weighted by Gasteiger charge is -2.35. The molecule has 1 aliphatic heterocycles. The van der Waals surface area contributed by atoms with E-state index in [1.165, 1.54) is 0 Å². The second-order valence-corrected chi connectivity index (χ2v) is 3.25. The Morgan fingerprint density at radius 1 is 1.70 bits per heavy atom. The first-order valence-electron chi connectivity index (χ1n) is 3.19. The van der Waals surface area contributed by atoms with E-state index in [-0.39, 0.29) is 6.10 Å². The van der Waals surface area contributed by atoms with E-state index >= 15 is 0 Å². The second-order valence-electron chi connectivity index (χ2n) is 2.37. The zero-order valence-corrected chi connectivity index (χ0v) is 6.21. The lowest BCUT2D eigenvalue weighted by Crippen LogP contribution is -2.50. The molecule has 0 bridgehead atoms. The van der Waals surface area contributed by atoms with Crippen LogP contribution in [0, 0.1) is 0 Å². The molecule has 1 aliphatic rings. The lowest BCUT2D eigenvalue weighted by molar-refractivity contribution is 0.142. The van der Waals surface area contributed by atoms with E-state index in [1.54, 1.807) is 17.5 Å². The Labute approximate surface area is 62.9 Å². The smallest absolute Gasteiger partial charge is 0.185 e. The first kappa shape index (κ1) is 6.12. The van der Waals surface area contributed by atoms with Crippen LogP contribution in [-0.2, 0) is 0 Å². The molecular weight excluding hydrogens is 148 g/mol. The van der Waals surface area contributed by atoms with Gasteiger partial charge in [-0.1, -0.05) is 0 Å². The van der Waals surface area contributed by atoms with Gasteiger partial charge in [0.25, 0.3) is 0 Å². The molecule has 1 aromatic rings. The van der Waals surface area contributed by atoms with E-state index < -0.39 is 0 Å². The largest absolute Gasteiger partial charge is 0.389 e. The Bertz CT molecular complexity index is 206. The average molecular weight is 156 g/mol. The summed E-state index contributed by atoms with van der Waals surface area (Å²) in [7, 11) is 0. The number of aliphatic hydroxyl groups excluding tert-OH is 1. The number of thiazole rings is 1. The normalized spacial score (nSPS) is 19.1. The van der Waals surface area contributed by atoms with Crippen LogP contribution in [-0.4, -0.2) is 29.3 Å². The van der Waals surface area contributed by atoms with E-state index in [2.05, 4.69) is 9.88 Å². The van der Waals surface area contributed by atoms with E-state index in [0.717, 1.165) is 18.2 Å². The molecule has 1 saturated heterocycles. The van der Waals surface area contributed by atoms with Crippen molar-refractivity contribution in [3.05, 3.63) is 11.6 Å². The minimum Gasteiger partial charge on any atom is -0.389 e. The van der Waals surface area contributed by atoms with Gasteiger partial charge >= 0.3 is 0 Å². The van der Waals surface area contributed by atoms with Gasteiger partial charge in [-0.15, -0.1) is 11.3 Å². The quantitative estimate of drug-likeness (QED) is 0.636. The Kier molecular flexibility index (Phi) is 1.35. The maximum absolute atomic E-state index is 8.95. The topological polar surface area (TPSA) is 36.4 Å². The summed E-state index contributed by atoms with van der Waals surface area (Å²) in [6.45, 7) is 1.49. The standard InChI is InChI=1S/C6H8N2OS/c9-5-3-8(4-5)6-7-1-2-10-6/h1-2,5,9H,3-4H2. The number of nitrogens with zero attached hydrogens (tertiary/aromatic N) is 2. The minimum atomic E-state index is -0.135. The van der Waals surface area contributed by atoms with Crippen LogP contribution >= 0.6 is 11.3 Å². The van der Waals surface area contributed by atoms with Gasteiger partial charge in [0.15, 0.2) is 5.13 Å². The van der Waals surface area contributed by atoms with Gasteiger partial charge in [-0.05, 0) is 0 Å². The van der Waals surface area contributed by atoms with Gasteiger partial charge in [0.1, 0.15) is 0 Å². The maximum atomic E-state index is 8.95. The number of aromatic nitrogens is 1. The molecule has 0 unspecified atom stereocenters. The van der Waals surface area contributed by atoms with Gasteiger partial charge in [0.05, 0.1) is 6.10 Å². The van der Waals surface area contributed by atoms with Gasteiger partial charge in [0, 0.05) is 24.7 Å². The summed E-state index contributed by atoms with van der Waals surface area (Å²) in [5, 5.41) is 11.9. The summed E-state index contributed by atoms with van der Waals surface area (Å²) in [6, 6.07) is 0. The fourth-order valence-electron chi connectivity index (χ4n) is 0.984. The Morgan fingerprint density at radius 3 is 3.00 bits per heavy atom. The Balaban J connectivity index is 2.04. The van der Waals surface area contributed by atoms with Crippen LogP contribution in [0.5, 0.6) is 0 Å². The minimum absolute atomic E-state index is 0.135. The molecule has 4 heteroatoms. The van der Waals surface area contributed by atoms with Crippen molar-refractivity contribution in [2.45, 2.75) is 6.10 Å². The number of β-amino-alcohol motifs (C(OH)–C–C–N with tert-alkyl or cyclic N) is 1. The Hall–Kier alpha value is -0.610. The molecule has 0 amide bonds. The second kappa shape index (κ2) is 2.21. The fourth-order valence-corrected chi connectivity index (χ4v) is 1.65. The highest BCUT2D eigenvalue weighted by Gasteiger charge is 2.25.